The topological polar surface area (TPSA) is 52.5 Å². The second kappa shape index (κ2) is 4.68. The first-order valence-electron chi connectivity index (χ1n) is 5.76. The van der Waals surface area contributed by atoms with Crippen LogP contribution in [0.15, 0.2) is 12.1 Å². The normalized spacial score (nSPS) is 20.9. The van der Waals surface area contributed by atoms with Crippen LogP contribution in [-0.4, -0.2) is 16.8 Å². The Labute approximate surface area is 102 Å². The van der Waals surface area contributed by atoms with Crippen LogP contribution in [0.5, 0.6) is 11.5 Å². The quantitative estimate of drug-likeness (QED) is 0.681. The molecule has 1 aromatic rings. The van der Waals surface area contributed by atoms with Crippen molar-refractivity contribution in [3.8, 4) is 11.5 Å². The Bertz CT molecular complexity index is 440. The Balaban J connectivity index is 2.44. The Morgan fingerprint density at radius 1 is 1.17 bits per heavy atom. The minimum atomic E-state index is -4.67. The van der Waals surface area contributed by atoms with Crippen molar-refractivity contribution in [2.75, 3.05) is 6.54 Å². The van der Waals surface area contributed by atoms with E-state index in [9.17, 15) is 23.4 Å². The average molecular weight is 261 g/mol. The van der Waals surface area contributed by atoms with Gasteiger partial charge in [0.15, 0.2) is 0 Å². The molecule has 0 aliphatic carbocycles. The van der Waals surface area contributed by atoms with Gasteiger partial charge in [-0.1, -0.05) is 6.42 Å². The van der Waals surface area contributed by atoms with Gasteiger partial charge in [0.1, 0.15) is 17.1 Å². The molecular formula is C12H14F3NO2. The number of phenolic OH excluding ortho intramolecular Hbond substituents is 2. The second-order valence-corrected chi connectivity index (χ2v) is 4.43. The SMILES string of the molecule is Oc1cc(C2CCCCN2)c(O)c(C(F)(F)F)c1. The summed E-state index contributed by atoms with van der Waals surface area (Å²) in [6, 6.07) is 1.39. The fourth-order valence-corrected chi connectivity index (χ4v) is 2.24. The maximum atomic E-state index is 12.7. The number of hydrogen-bond donors (Lipinski definition) is 3. The predicted molar refractivity (Wildman–Crippen MR) is 59.4 cm³/mol. The zero-order valence-electron chi connectivity index (χ0n) is 9.59. The molecule has 1 aliphatic rings. The van der Waals surface area contributed by atoms with Gasteiger partial charge in [-0.25, -0.2) is 0 Å². The highest BCUT2D eigenvalue weighted by Crippen LogP contribution is 2.42. The average Bonchev–Trinajstić information content (AvgIpc) is 2.31. The molecule has 1 aromatic carbocycles. The van der Waals surface area contributed by atoms with Gasteiger partial charge in [-0.05, 0) is 31.5 Å². The highest BCUT2D eigenvalue weighted by Gasteiger charge is 2.36. The predicted octanol–water partition coefficient (Wildman–Crippen LogP) is 2.93. The van der Waals surface area contributed by atoms with Crippen molar-refractivity contribution in [3.05, 3.63) is 23.3 Å². The lowest BCUT2D eigenvalue weighted by Gasteiger charge is -2.25. The molecule has 1 heterocycles. The standard InChI is InChI=1S/C12H14F3NO2/c13-12(14,15)9-6-7(17)5-8(11(9)18)10-3-1-2-4-16-10/h5-6,10,16-18H,1-4H2. The molecule has 0 spiro atoms. The van der Waals surface area contributed by atoms with E-state index in [1.54, 1.807) is 0 Å². The molecule has 100 valence electrons. The molecule has 1 aliphatic heterocycles. The van der Waals surface area contributed by atoms with E-state index in [0.29, 0.717) is 19.0 Å². The van der Waals surface area contributed by atoms with Crippen molar-refractivity contribution in [3.63, 3.8) is 0 Å². The van der Waals surface area contributed by atoms with Gasteiger partial charge in [-0.2, -0.15) is 13.2 Å². The van der Waals surface area contributed by atoms with Crippen molar-refractivity contribution in [2.45, 2.75) is 31.5 Å². The van der Waals surface area contributed by atoms with Crippen molar-refractivity contribution in [1.29, 1.82) is 0 Å². The fourth-order valence-electron chi connectivity index (χ4n) is 2.24. The number of benzene rings is 1. The van der Waals surface area contributed by atoms with Crippen molar-refractivity contribution in [1.82, 2.24) is 5.32 Å². The second-order valence-electron chi connectivity index (χ2n) is 4.43. The first-order chi connectivity index (χ1) is 8.39. The number of phenols is 2. The first kappa shape index (κ1) is 13.0. The minimum Gasteiger partial charge on any atom is -0.508 e. The van der Waals surface area contributed by atoms with Crippen LogP contribution in [0.25, 0.3) is 0 Å². The molecule has 3 N–H and O–H groups in total. The largest absolute Gasteiger partial charge is 0.508 e. The van der Waals surface area contributed by atoms with E-state index in [-0.39, 0.29) is 11.6 Å². The lowest BCUT2D eigenvalue weighted by molar-refractivity contribution is -0.139. The Morgan fingerprint density at radius 3 is 2.44 bits per heavy atom. The van der Waals surface area contributed by atoms with E-state index >= 15 is 0 Å². The van der Waals surface area contributed by atoms with Gasteiger partial charge in [0.05, 0.1) is 0 Å². The summed E-state index contributed by atoms with van der Waals surface area (Å²) in [5.41, 5.74) is -1.08. The van der Waals surface area contributed by atoms with Gasteiger partial charge in [0.25, 0.3) is 0 Å². The molecule has 0 aromatic heterocycles. The number of halogens is 3. The Morgan fingerprint density at radius 2 is 1.89 bits per heavy atom. The highest BCUT2D eigenvalue weighted by atomic mass is 19.4. The van der Waals surface area contributed by atoms with E-state index < -0.39 is 23.2 Å². The van der Waals surface area contributed by atoms with Crippen LogP contribution >= 0.6 is 0 Å². The van der Waals surface area contributed by atoms with E-state index in [4.69, 9.17) is 0 Å². The molecule has 18 heavy (non-hydrogen) atoms. The summed E-state index contributed by atoms with van der Waals surface area (Å²) >= 11 is 0. The monoisotopic (exact) mass is 261 g/mol. The third kappa shape index (κ3) is 2.53. The fraction of sp³-hybridized carbons (Fsp3) is 0.500. The smallest absolute Gasteiger partial charge is 0.420 e. The van der Waals surface area contributed by atoms with Crippen LogP contribution in [-0.2, 0) is 6.18 Å². The van der Waals surface area contributed by atoms with Crippen molar-refractivity contribution >= 4 is 0 Å². The lowest BCUT2D eigenvalue weighted by Crippen LogP contribution is -2.27. The summed E-state index contributed by atoms with van der Waals surface area (Å²) in [7, 11) is 0. The van der Waals surface area contributed by atoms with Crippen molar-refractivity contribution in [2.24, 2.45) is 0 Å². The Kier molecular flexibility index (Phi) is 3.38. The summed E-state index contributed by atoms with van der Waals surface area (Å²) in [5.74, 6) is -1.28. The maximum Gasteiger partial charge on any atom is 0.420 e. The maximum absolute atomic E-state index is 12.7. The molecule has 0 amide bonds. The zero-order chi connectivity index (χ0) is 13.3. The number of aromatic hydroxyl groups is 2. The molecule has 1 fully saturated rings. The van der Waals surface area contributed by atoms with E-state index in [1.165, 1.54) is 6.07 Å². The van der Waals surface area contributed by atoms with Crippen LogP contribution in [0.3, 0.4) is 0 Å². The van der Waals surface area contributed by atoms with Crippen LogP contribution in [0.2, 0.25) is 0 Å². The third-order valence-electron chi connectivity index (χ3n) is 3.12. The molecule has 2 rings (SSSR count). The number of rotatable bonds is 1. The first-order valence-corrected chi connectivity index (χ1v) is 5.76. The zero-order valence-corrected chi connectivity index (χ0v) is 9.59. The number of piperidine rings is 1. The minimum absolute atomic E-state index is 0.113. The van der Waals surface area contributed by atoms with E-state index in [1.807, 2.05) is 0 Å². The molecule has 1 saturated heterocycles. The van der Waals surface area contributed by atoms with Gasteiger partial charge >= 0.3 is 6.18 Å². The molecule has 6 heteroatoms. The summed E-state index contributed by atoms with van der Waals surface area (Å²) in [5, 5.41) is 22.1. The van der Waals surface area contributed by atoms with Crippen molar-refractivity contribution < 1.29 is 23.4 Å². The number of nitrogens with one attached hydrogen (secondary N) is 1. The van der Waals surface area contributed by atoms with Gasteiger partial charge in [0, 0.05) is 11.6 Å². The van der Waals surface area contributed by atoms with Crippen LogP contribution in [0.4, 0.5) is 13.2 Å². The van der Waals surface area contributed by atoms with Gasteiger partial charge in [-0.15, -0.1) is 0 Å². The summed E-state index contributed by atoms with van der Waals surface area (Å²) in [6.07, 6.45) is -2.18. The molecule has 0 bridgehead atoms. The van der Waals surface area contributed by atoms with Crippen LogP contribution in [0.1, 0.15) is 36.4 Å². The third-order valence-corrected chi connectivity index (χ3v) is 3.12. The highest BCUT2D eigenvalue weighted by molar-refractivity contribution is 5.48. The van der Waals surface area contributed by atoms with Crippen LogP contribution in [0, 0.1) is 0 Å². The number of hydrogen-bond acceptors (Lipinski definition) is 3. The van der Waals surface area contributed by atoms with Gasteiger partial charge < -0.3 is 15.5 Å². The molecule has 3 nitrogen and oxygen atoms in total. The number of alkyl halides is 3. The van der Waals surface area contributed by atoms with E-state index in [0.717, 1.165) is 12.8 Å². The Hall–Kier alpha value is -1.43. The lowest BCUT2D eigenvalue weighted by atomic mass is 9.94. The van der Waals surface area contributed by atoms with E-state index in [2.05, 4.69) is 5.32 Å². The molecule has 0 radical (unpaired) electrons. The molecule has 1 unspecified atom stereocenters. The summed E-state index contributed by atoms with van der Waals surface area (Å²) in [4.78, 5) is 0. The van der Waals surface area contributed by atoms with Gasteiger partial charge in [0.2, 0.25) is 0 Å². The van der Waals surface area contributed by atoms with Gasteiger partial charge in [-0.3, -0.25) is 0 Å². The summed E-state index contributed by atoms with van der Waals surface area (Å²) < 4.78 is 38.1. The summed E-state index contributed by atoms with van der Waals surface area (Å²) in [6.45, 7) is 0.696. The molecule has 0 saturated carbocycles. The van der Waals surface area contributed by atoms with Crippen LogP contribution < -0.4 is 5.32 Å². The molecule has 1 atom stereocenters. The molecular weight excluding hydrogens is 247 g/mol.